The van der Waals surface area contributed by atoms with Crippen molar-refractivity contribution in [1.82, 2.24) is 0 Å². The van der Waals surface area contributed by atoms with Crippen molar-refractivity contribution in [3.05, 3.63) is 28.2 Å². The van der Waals surface area contributed by atoms with Gasteiger partial charge in [0.2, 0.25) is 0 Å². The van der Waals surface area contributed by atoms with Gasteiger partial charge in [0.05, 0.1) is 0 Å². The Balaban J connectivity index is 0.000001000. The van der Waals surface area contributed by atoms with Gasteiger partial charge in [0.15, 0.2) is 0 Å². The molecule has 0 heterocycles. The number of hydrogen-bond acceptors (Lipinski definition) is 2. The summed E-state index contributed by atoms with van der Waals surface area (Å²) < 4.78 is 0.856. The molecule has 0 saturated heterocycles. The van der Waals surface area contributed by atoms with Gasteiger partial charge in [-0.05, 0) is 12.1 Å². The Morgan fingerprint density at radius 2 is 2.09 bits per heavy atom. The number of phenols is 1. The highest BCUT2D eigenvalue weighted by molar-refractivity contribution is 9.10. The molecule has 0 radical (unpaired) electrons. The van der Waals surface area contributed by atoms with Crippen LogP contribution in [0.15, 0.2) is 22.7 Å². The molecule has 0 bridgehead atoms. The quantitative estimate of drug-likeness (QED) is 0.786. The third kappa shape index (κ3) is 2.36. The standard InChI is InChI=1S/C7H8BrNO.ClH/c8-6-2-1-3-7(10)5(6)4-9;/h1-3,10H,4,9H2;1H. The Labute approximate surface area is 80.0 Å². The average Bonchev–Trinajstić information content (AvgIpc) is 1.88. The van der Waals surface area contributed by atoms with Crippen molar-refractivity contribution in [3.63, 3.8) is 0 Å². The molecular weight excluding hydrogens is 229 g/mol. The van der Waals surface area contributed by atoms with E-state index < -0.39 is 0 Å². The lowest BCUT2D eigenvalue weighted by Gasteiger charge is -2.01. The fourth-order valence-electron chi connectivity index (χ4n) is 0.749. The van der Waals surface area contributed by atoms with Crippen molar-refractivity contribution in [3.8, 4) is 5.75 Å². The van der Waals surface area contributed by atoms with Gasteiger partial charge in [-0.3, -0.25) is 0 Å². The molecule has 0 unspecified atom stereocenters. The highest BCUT2D eigenvalue weighted by Gasteiger charge is 2.00. The van der Waals surface area contributed by atoms with Crippen LogP contribution in [-0.4, -0.2) is 5.11 Å². The maximum atomic E-state index is 9.18. The molecule has 0 fully saturated rings. The maximum Gasteiger partial charge on any atom is 0.121 e. The van der Waals surface area contributed by atoms with Crippen LogP contribution < -0.4 is 5.73 Å². The Bertz CT molecular complexity index is 222. The van der Waals surface area contributed by atoms with Crippen molar-refractivity contribution in [2.75, 3.05) is 0 Å². The highest BCUT2D eigenvalue weighted by Crippen LogP contribution is 2.24. The summed E-state index contributed by atoms with van der Waals surface area (Å²) >= 11 is 3.27. The van der Waals surface area contributed by atoms with Crippen LogP contribution in [0.5, 0.6) is 5.75 Å². The maximum absolute atomic E-state index is 9.18. The summed E-state index contributed by atoms with van der Waals surface area (Å²) in [7, 11) is 0. The van der Waals surface area contributed by atoms with Gasteiger partial charge >= 0.3 is 0 Å². The summed E-state index contributed by atoms with van der Waals surface area (Å²) in [5.41, 5.74) is 6.11. The van der Waals surface area contributed by atoms with Gasteiger partial charge in [0.1, 0.15) is 5.75 Å². The number of hydrogen-bond donors (Lipinski definition) is 2. The number of phenolic OH excluding ortho intramolecular Hbond substituents is 1. The van der Waals surface area contributed by atoms with E-state index in [4.69, 9.17) is 5.73 Å². The fraction of sp³-hybridized carbons (Fsp3) is 0.143. The molecule has 0 aliphatic carbocycles. The molecule has 3 N–H and O–H groups in total. The number of aromatic hydroxyl groups is 1. The molecule has 2 nitrogen and oxygen atoms in total. The normalized spacial score (nSPS) is 8.91. The minimum absolute atomic E-state index is 0. The summed E-state index contributed by atoms with van der Waals surface area (Å²) in [6, 6.07) is 5.23. The van der Waals surface area contributed by atoms with Gasteiger partial charge in [-0.2, -0.15) is 0 Å². The molecule has 0 saturated carbocycles. The van der Waals surface area contributed by atoms with Gasteiger partial charge in [0.25, 0.3) is 0 Å². The second-order valence-electron chi connectivity index (χ2n) is 1.94. The van der Waals surface area contributed by atoms with Crippen molar-refractivity contribution in [2.45, 2.75) is 6.54 Å². The summed E-state index contributed by atoms with van der Waals surface area (Å²) in [4.78, 5) is 0. The smallest absolute Gasteiger partial charge is 0.121 e. The van der Waals surface area contributed by atoms with Crippen LogP contribution >= 0.6 is 28.3 Å². The Morgan fingerprint density at radius 1 is 1.45 bits per heavy atom. The first-order chi connectivity index (χ1) is 4.75. The highest BCUT2D eigenvalue weighted by atomic mass is 79.9. The molecular formula is C7H9BrClNO. The fourth-order valence-corrected chi connectivity index (χ4v) is 1.27. The van der Waals surface area contributed by atoms with Crippen LogP contribution in [0.3, 0.4) is 0 Å². The van der Waals surface area contributed by atoms with Gasteiger partial charge in [-0.25, -0.2) is 0 Å². The summed E-state index contributed by atoms with van der Waals surface area (Å²) in [6.45, 7) is 0.354. The zero-order valence-corrected chi connectivity index (χ0v) is 8.15. The molecule has 1 aromatic rings. The first-order valence-corrected chi connectivity index (χ1v) is 3.71. The third-order valence-corrected chi connectivity index (χ3v) is 2.04. The van der Waals surface area contributed by atoms with Gasteiger partial charge in [-0.1, -0.05) is 22.0 Å². The van der Waals surface area contributed by atoms with E-state index in [-0.39, 0.29) is 18.2 Å². The van der Waals surface area contributed by atoms with E-state index >= 15 is 0 Å². The lowest BCUT2D eigenvalue weighted by Crippen LogP contribution is -1.97. The van der Waals surface area contributed by atoms with Crippen molar-refractivity contribution >= 4 is 28.3 Å². The zero-order valence-electron chi connectivity index (χ0n) is 5.75. The molecule has 4 heteroatoms. The predicted octanol–water partition coefficient (Wildman–Crippen LogP) is 2.04. The number of rotatable bonds is 1. The Morgan fingerprint density at radius 3 is 2.45 bits per heavy atom. The predicted molar refractivity (Wildman–Crippen MR) is 50.9 cm³/mol. The first kappa shape index (κ1) is 10.8. The number of halogens is 2. The van der Waals surface area contributed by atoms with Crippen LogP contribution in [0.1, 0.15) is 5.56 Å². The Kier molecular flexibility index (Phi) is 4.49. The minimum Gasteiger partial charge on any atom is -0.508 e. The van der Waals surface area contributed by atoms with E-state index in [9.17, 15) is 5.11 Å². The van der Waals surface area contributed by atoms with E-state index in [1.807, 2.05) is 6.07 Å². The molecule has 0 aliphatic heterocycles. The van der Waals surface area contributed by atoms with Crippen LogP contribution in [0.25, 0.3) is 0 Å². The van der Waals surface area contributed by atoms with Gasteiger partial charge in [-0.15, -0.1) is 12.4 Å². The second-order valence-corrected chi connectivity index (χ2v) is 2.80. The lowest BCUT2D eigenvalue weighted by atomic mass is 10.2. The molecule has 1 aromatic carbocycles. The summed E-state index contributed by atoms with van der Waals surface area (Å²) in [5.74, 6) is 0.247. The lowest BCUT2D eigenvalue weighted by molar-refractivity contribution is 0.468. The van der Waals surface area contributed by atoms with E-state index in [1.165, 1.54) is 0 Å². The molecule has 0 aliphatic rings. The molecule has 11 heavy (non-hydrogen) atoms. The summed E-state index contributed by atoms with van der Waals surface area (Å²) in [6.07, 6.45) is 0. The minimum atomic E-state index is 0. The summed E-state index contributed by atoms with van der Waals surface area (Å²) in [5, 5.41) is 9.18. The van der Waals surface area contributed by atoms with E-state index in [0.29, 0.717) is 6.54 Å². The van der Waals surface area contributed by atoms with E-state index in [1.54, 1.807) is 12.1 Å². The number of benzene rings is 1. The SMILES string of the molecule is Cl.NCc1c(O)cccc1Br. The third-order valence-electron chi connectivity index (χ3n) is 1.30. The van der Waals surface area contributed by atoms with Crippen LogP contribution in [-0.2, 0) is 6.54 Å². The molecule has 0 spiro atoms. The van der Waals surface area contributed by atoms with E-state index in [2.05, 4.69) is 15.9 Å². The largest absolute Gasteiger partial charge is 0.508 e. The average molecular weight is 239 g/mol. The van der Waals surface area contributed by atoms with Gasteiger partial charge < -0.3 is 10.8 Å². The van der Waals surface area contributed by atoms with Crippen LogP contribution in [0.4, 0.5) is 0 Å². The topological polar surface area (TPSA) is 46.2 Å². The van der Waals surface area contributed by atoms with Crippen molar-refractivity contribution in [2.24, 2.45) is 5.73 Å². The zero-order chi connectivity index (χ0) is 7.56. The first-order valence-electron chi connectivity index (χ1n) is 2.92. The molecule has 62 valence electrons. The van der Waals surface area contributed by atoms with Crippen LogP contribution in [0, 0.1) is 0 Å². The molecule has 0 atom stereocenters. The van der Waals surface area contributed by atoms with E-state index in [0.717, 1.165) is 10.0 Å². The Hall–Kier alpha value is -0.250. The molecule has 0 amide bonds. The number of nitrogens with two attached hydrogens (primary N) is 1. The second kappa shape index (κ2) is 4.59. The van der Waals surface area contributed by atoms with Gasteiger partial charge in [0, 0.05) is 16.6 Å². The van der Waals surface area contributed by atoms with Crippen LogP contribution in [0.2, 0.25) is 0 Å². The van der Waals surface area contributed by atoms with Crippen molar-refractivity contribution in [1.29, 1.82) is 0 Å². The monoisotopic (exact) mass is 237 g/mol. The molecule has 1 rings (SSSR count). The van der Waals surface area contributed by atoms with Crippen molar-refractivity contribution < 1.29 is 5.11 Å². The molecule has 0 aromatic heterocycles.